The summed E-state index contributed by atoms with van der Waals surface area (Å²) in [5.74, 6) is 0.936. The van der Waals surface area contributed by atoms with Gasteiger partial charge in [0.05, 0.1) is 11.8 Å². The van der Waals surface area contributed by atoms with Gasteiger partial charge in [0.15, 0.2) is 0 Å². The smallest absolute Gasteiger partial charge is 0.213 e. The summed E-state index contributed by atoms with van der Waals surface area (Å²) in [6, 6.07) is 23.5. The van der Waals surface area contributed by atoms with Gasteiger partial charge in [-0.15, -0.1) is 0 Å². The Hall–Kier alpha value is -2.11. The highest BCUT2D eigenvalue weighted by Gasteiger charge is 2.41. The zero-order valence-corrected chi connectivity index (χ0v) is 19.2. The van der Waals surface area contributed by atoms with Gasteiger partial charge >= 0.3 is 0 Å². The maximum absolute atomic E-state index is 6.45. The number of benzene rings is 3. The van der Waals surface area contributed by atoms with E-state index < -0.39 is 0 Å². The van der Waals surface area contributed by atoms with Crippen LogP contribution >= 0.6 is 31.9 Å². The predicted molar refractivity (Wildman–Crippen MR) is 123 cm³/mol. The first kappa shape index (κ1) is 18.9. The molecule has 0 bridgehead atoms. The van der Waals surface area contributed by atoms with Crippen LogP contribution in [0, 0.1) is 0 Å². The van der Waals surface area contributed by atoms with Crippen LogP contribution < -0.4 is 4.74 Å². The number of hydrazone groups is 1. The molecule has 5 heteroatoms. The van der Waals surface area contributed by atoms with Gasteiger partial charge in [-0.3, -0.25) is 0 Å². The van der Waals surface area contributed by atoms with E-state index in [0.29, 0.717) is 0 Å². The summed E-state index contributed by atoms with van der Waals surface area (Å²) in [6.45, 7) is 2.17. The lowest BCUT2D eigenvalue weighted by atomic mass is 9.96. The number of nitrogens with zero attached hydrogens (tertiary/aromatic N) is 2. The normalized spacial score (nSPS) is 20.0. The van der Waals surface area contributed by atoms with Gasteiger partial charge < -0.3 is 4.74 Å². The fourth-order valence-electron chi connectivity index (χ4n) is 4.01. The molecule has 146 valence electrons. The second kappa shape index (κ2) is 7.62. The van der Waals surface area contributed by atoms with E-state index in [4.69, 9.17) is 9.84 Å². The molecule has 0 aromatic heterocycles. The van der Waals surface area contributed by atoms with Crippen molar-refractivity contribution in [3.05, 3.63) is 97.9 Å². The molecule has 2 aliphatic rings. The highest BCUT2D eigenvalue weighted by Crippen LogP contribution is 2.48. The Kier molecular flexibility index (Phi) is 4.96. The molecule has 3 aromatic rings. The van der Waals surface area contributed by atoms with Gasteiger partial charge in [-0.2, -0.15) is 5.10 Å². The van der Waals surface area contributed by atoms with Crippen molar-refractivity contribution in [3.63, 3.8) is 0 Å². The molecule has 5 rings (SSSR count). The average molecular weight is 512 g/mol. The minimum absolute atomic E-state index is 0.158. The fraction of sp³-hybridized carbons (Fsp3) is 0.208. The Morgan fingerprint density at radius 3 is 2.41 bits per heavy atom. The van der Waals surface area contributed by atoms with Crippen molar-refractivity contribution < 1.29 is 4.74 Å². The summed E-state index contributed by atoms with van der Waals surface area (Å²) in [5.41, 5.74) is 5.87. The van der Waals surface area contributed by atoms with Crippen molar-refractivity contribution in [2.24, 2.45) is 5.10 Å². The second-order valence-electron chi connectivity index (χ2n) is 7.40. The van der Waals surface area contributed by atoms with Crippen LogP contribution in [-0.2, 0) is 6.42 Å². The molecule has 2 heterocycles. The average Bonchev–Trinajstić information content (AvgIpc) is 3.20. The largest absolute Gasteiger partial charge is 0.464 e. The molecule has 0 unspecified atom stereocenters. The Labute approximate surface area is 187 Å². The van der Waals surface area contributed by atoms with Crippen molar-refractivity contribution >= 4 is 37.6 Å². The van der Waals surface area contributed by atoms with Crippen LogP contribution in [0.15, 0.2) is 80.8 Å². The van der Waals surface area contributed by atoms with Crippen molar-refractivity contribution in [2.45, 2.75) is 32.0 Å². The van der Waals surface area contributed by atoms with E-state index in [9.17, 15) is 0 Å². The molecule has 2 aliphatic heterocycles. The first-order valence-corrected chi connectivity index (χ1v) is 11.4. The summed E-state index contributed by atoms with van der Waals surface area (Å²) in [6.07, 6.45) is 1.66. The molecule has 0 radical (unpaired) electrons. The lowest BCUT2D eigenvalue weighted by Crippen LogP contribution is -2.33. The van der Waals surface area contributed by atoms with Crippen molar-refractivity contribution in [1.82, 2.24) is 5.01 Å². The summed E-state index contributed by atoms with van der Waals surface area (Å²) in [7, 11) is 0. The summed E-state index contributed by atoms with van der Waals surface area (Å²) in [4.78, 5) is 0. The van der Waals surface area contributed by atoms with Crippen molar-refractivity contribution in [3.8, 4) is 5.75 Å². The molecule has 3 nitrogen and oxygen atoms in total. The van der Waals surface area contributed by atoms with Crippen LogP contribution in [0.3, 0.4) is 0 Å². The van der Waals surface area contributed by atoms with Gasteiger partial charge in [0.1, 0.15) is 5.75 Å². The molecular weight excluding hydrogens is 492 g/mol. The number of halogens is 2. The molecular formula is C24H20Br2N2O. The summed E-state index contributed by atoms with van der Waals surface area (Å²) >= 11 is 7.14. The number of hydrogen-bond acceptors (Lipinski definition) is 3. The summed E-state index contributed by atoms with van der Waals surface area (Å²) < 4.78 is 8.59. The third-order valence-electron chi connectivity index (χ3n) is 5.60. The van der Waals surface area contributed by atoms with Gasteiger partial charge in [0, 0.05) is 26.5 Å². The van der Waals surface area contributed by atoms with Crippen LogP contribution in [0.5, 0.6) is 5.75 Å². The molecule has 0 amide bonds. The van der Waals surface area contributed by atoms with Gasteiger partial charge in [0.2, 0.25) is 6.23 Å². The van der Waals surface area contributed by atoms with E-state index >= 15 is 0 Å². The first-order chi connectivity index (χ1) is 14.1. The van der Waals surface area contributed by atoms with E-state index in [-0.39, 0.29) is 12.3 Å². The monoisotopic (exact) mass is 510 g/mol. The quantitative estimate of drug-likeness (QED) is 0.377. The highest BCUT2D eigenvalue weighted by atomic mass is 79.9. The van der Waals surface area contributed by atoms with Crippen LogP contribution in [0.4, 0.5) is 0 Å². The van der Waals surface area contributed by atoms with Crippen molar-refractivity contribution in [1.29, 1.82) is 0 Å². The number of fused-ring (bicyclic) bond motifs is 3. The standard InChI is InChI=1S/C24H20Br2N2O/c1-2-15-3-5-17(6-4-15)24-28-22(20-13-19(26)11-12-23(20)29-24)14-21(27-28)16-7-9-18(25)10-8-16/h3-13,22,24H,2,14H2,1H3/t22-,24+/m1/s1. The molecule has 2 atom stereocenters. The van der Waals surface area contributed by atoms with Gasteiger partial charge in [0.25, 0.3) is 0 Å². The lowest BCUT2D eigenvalue weighted by molar-refractivity contribution is -0.0190. The zero-order chi connectivity index (χ0) is 20.0. The molecule has 0 saturated heterocycles. The molecule has 0 N–H and O–H groups in total. The Balaban J connectivity index is 1.58. The third kappa shape index (κ3) is 3.51. The third-order valence-corrected chi connectivity index (χ3v) is 6.62. The van der Waals surface area contributed by atoms with E-state index in [1.54, 1.807) is 0 Å². The maximum atomic E-state index is 6.45. The Bertz CT molecular complexity index is 1080. The van der Waals surface area contributed by atoms with E-state index in [1.165, 1.54) is 11.1 Å². The highest BCUT2D eigenvalue weighted by molar-refractivity contribution is 9.10. The molecule has 29 heavy (non-hydrogen) atoms. The first-order valence-electron chi connectivity index (χ1n) is 9.79. The van der Waals surface area contributed by atoms with Crippen LogP contribution in [0.1, 0.15) is 47.9 Å². The van der Waals surface area contributed by atoms with Crippen LogP contribution in [0.25, 0.3) is 0 Å². The fourth-order valence-corrected chi connectivity index (χ4v) is 4.66. The molecule has 3 aromatic carbocycles. The molecule has 0 spiro atoms. The predicted octanol–water partition coefficient (Wildman–Crippen LogP) is 7.02. The van der Waals surface area contributed by atoms with Crippen LogP contribution in [-0.4, -0.2) is 10.7 Å². The minimum Gasteiger partial charge on any atom is -0.464 e. The molecule has 0 aliphatic carbocycles. The Morgan fingerprint density at radius 2 is 1.69 bits per heavy atom. The van der Waals surface area contributed by atoms with E-state index in [1.807, 2.05) is 6.07 Å². The zero-order valence-electron chi connectivity index (χ0n) is 16.0. The van der Waals surface area contributed by atoms with Crippen LogP contribution in [0.2, 0.25) is 0 Å². The Morgan fingerprint density at radius 1 is 0.966 bits per heavy atom. The number of hydrogen-bond donors (Lipinski definition) is 0. The SMILES string of the molecule is CCc1ccc([C@@H]2Oc3ccc(Br)cc3[C@H]3CC(c4ccc(Br)cc4)=NN32)cc1. The maximum Gasteiger partial charge on any atom is 0.213 e. The second-order valence-corrected chi connectivity index (χ2v) is 9.23. The number of rotatable bonds is 3. The minimum atomic E-state index is -0.229. The topological polar surface area (TPSA) is 24.8 Å². The van der Waals surface area contributed by atoms with Gasteiger partial charge in [-0.05, 0) is 47.9 Å². The van der Waals surface area contributed by atoms with Gasteiger partial charge in [-0.25, -0.2) is 5.01 Å². The van der Waals surface area contributed by atoms with E-state index in [0.717, 1.165) is 44.4 Å². The lowest BCUT2D eigenvalue weighted by Gasteiger charge is -2.38. The van der Waals surface area contributed by atoms with Crippen molar-refractivity contribution in [2.75, 3.05) is 0 Å². The molecule has 0 fully saturated rings. The number of aryl methyl sites for hydroxylation is 1. The van der Waals surface area contributed by atoms with Gasteiger partial charge in [-0.1, -0.05) is 75.2 Å². The van der Waals surface area contributed by atoms with E-state index in [2.05, 4.69) is 104 Å². The summed E-state index contributed by atoms with van der Waals surface area (Å²) in [5, 5.41) is 7.17. The molecule has 0 saturated carbocycles. The number of ether oxygens (including phenoxy) is 1.